The maximum Gasteiger partial charge on any atom is 0.321 e. The van der Waals surface area contributed by atoms with Gasteiger partial charge >= 0.3 is 17.9 Å². The van der Waals surface area contributed by atoms with E-state index in [1.54, 1.807) is 0 Å². The lowest BCUT2D eigenvalue weighted by Gasteiger charge is -2.10. The Balaban J connectivity index is 0. The van der Waals surface area contributed by atoms with Gasteiger partial charge in [-0.2, -0.15) is 0 Å². The zero-order valence-corrected chi connectivity index (χ0v) is 13.3. The number of amides is 1. The van der Waals surface area contributed by atoms with E-state index in [-0.39, 0.29) is 18.9 Å². The summed E-state index contributed by atoms with van der Waals surface area (Å²) in [7, 11) is 0. The molecule has 0 aromatic carbocycles. The SMILES string of the molecule is NCCCC[C@H](N)C(=O)NCCC(=O)O.N[C@@H](CC(=O)O)C(=O)O. The molecule has 11 heteroatoms. The lowest BCUT2D eigenvalue weighted by Crippen LogP contribution is -2.41. The van der Waals surface area contributed by atoms with Crippen LogP contribution in [0.2, 0.25) is 0 Å². The number of hydrogen-bond donors (Lipinski definition) is 7. The molecular formula is C13H26N4O7. The van der Waals surface area contributed by atoms with Gasteiger partial charge in [0.05, 0.1) is 18.9 Å². The molecule has 0 aliphatic carbocycles. The van der Waals surface area contributed by atoms with E-state index in [9.17, 15) is 19.2 Å². The van der Waals surface area contributed by atoms with Crippen LogP contribution in [-0.4, -0.2) is 64.3 Å². The Morgan fingerprint density at radius 3 is 1.88 bits per heavy atom. The summed E-state index contributed by atoms with van der Waals surface area (Å²) in [5.74, 6) is -3.73. The Morgan fingerprint density at radius 1 is 0.917 bits per heavy atom. The number of unbranched alkanes of at least 4 members (excludes halogenated alkanes) is 1. The average Bonchev–Trinajstić information content (AvgIpc) is 2.46. The van der Waals surface area contributed by atoms with Gasteiger partial charge < -0.3 is 37.8 Å². The van der Waals surface area contributed by atoms with Crippen LogP contribution >= 0.6 is 0 Å². The predicted molar refractivity (Wildman–Crippen MR) is 84.0 cm³/mol. The second-order valence-corrected chi connectivity index (χ2v) is 4.87. The number of nitrogens with one attached hydrogen (secondary N) is 1. The standard InChI is InChI=1S/C9H19N3O3.C4H7NO4/c10-5-2-1-3-7(11)9(15)12-6-4-8(13)14;5-2(4(8)9)1-3(6)7/h7H,1-6,10-11H2,(H,12,15)(H,13,14);2H,1,5H2,(H,6,7)(H,8,9)/t7-;2-/m00/s1. The fourth-order valence-corrected chi connectivity index (χ4v) is 1.34. The number of rotatable bonds is 11. The van der Waals surface area contributed by atoms with Gasteiger partial charge in [0, 0.05) is 6.54 Å². The van der Waals surface area contributed by atoms with Gasteiger partial charge in [-0.05, 0) is 19.4 Å². The van der Waals surface area contributed by atoms with Gasteiger partial charge in [-0.3, -0.25) is 19.2 Å². The number of carbonyl (C=O) groups is 4. The third-order valence-electron chi connectivity index (χ3n) is 2.66. The highest BCUT2D eigenvalue weighted by molar-refractivity contribution is 5.82. The number of aliphatic carboxylic acids is 3. The topological polar surface area (TPSA) is 219 Å². The van der Waals surface area contributed by atoms with Crippen molar-refractivity contribution >= 4 is 23.8 Å². The molecule has 0 heterocycles. The van der Waals surface area contributed by atoms with E-state index in [1.807, 2.05) is 0 Å². The molecule has 0 unspecified atom stereocenters. The highest BCUT2D eigenvalue weighted by atomic mass is 16.4. The van der Waals surface area contributed by atoms with E-state index in [2.05, 4.69) is 5.32 Å². The van der Waals surface area contributed by atoms with Gasteiger partial charge in [0.2, 0.25) is 5.91 Å². The molecule has 0 radical (unpaired) electrons. The number of carbonyl (C=O) groups excluding carboxylic acids is 1. The van der Waals surface area contributed by atoms with E-state index in [4.69, 9.17) is 32.5 Å². The van der Waals surface area contributed by atoms with Crippen LogP contribution in [0, 0.1) is 0 Å². The minimum Gasteiger partial charge on any atom is -0.481 e. The van der Waals surface area contributed by atoms with Gasteiger partial charge in [-0.1, -0.05) is 6.42 Å². The fourth-order valence-electron chi connectivity index (χ4n) is 1.34. The van der Waals surface area contributed by atoms with Crippen LogP contribution in [0.25, 0.3) is 0 Å². The Labute approximate surface area is 139 Å². The first-order chi connectivity index (χ1) is 11.1. The zero-order valence-electron chi connectivity index (χ0n) is 13.3. The Kier molecular flexibility index (Phi) is 14.4. The predicted octanol–water partition coefficient (Wildman–Crippen LogP) is -2.09. The van der Waals surface area contributed by atoms with Gasteiger partial charge in [-0.15, -0.1) is 0 Å². The van der Waals surface area contributed by atoms with Gasteiger partial charge in [0.15, 0.2) is 0 Å². The molecule has 11 nitrogen and oxygen atoms in total. The summed E-state index contributed by atoms with van der Waals surface area (Å²) in [5, 5.41) is 26.8. The van der Waals surface area contributed by atoms with Crippen LogP contribution in [-0.2, 0) is 19.2 Å². The quantitative estimate of drug-likeness (QED) is 0.201. The molecule has 2 atom stereocenters. The second kappa shape index (κ2) is 14.4. The third kappa shape index (κ3) is 16.1. The summed E-state index contributed by atoms with van der Waals surface area (Å²) in [4.78, 5) is 41.0. The van der Waals surface area contributed by atoms with Crippen LogP contribution in [0.5, 0.6) is 0 Å². The number of hydrogen-bond acceptors (Lipinski definition) is 7. The van der Waals surface area contributed by atoms with Crippen LogP contribution < -0.4 is 22.5 Å². The Hall–Kier alpha value is -2.24. The smallest absolute Gasteiger partial charge is 0.321 e. The molecule has 0 saturated carbocycles. The lowest BCUT2D eigenvalue weighted by atomic mass is 10.1. The number of carboxylic acids is 3. The van der Waals surface area contributed by atoms with E-state index >= 15 is 0 Å². The Morgan fingerprint density at radius 2 is 1.50 bits per heavy atom. The molecule has 0 fully saturated rings. The summed E-state index contributed by atoms with van der Waals surface area (Å²) in [6.07, 6.45) is 1.62. The largest absolute Gasteiger partial charge is 0.481 e. The first-order valence-electron chi connectivity index (χ1n) is 7.27. The van der Waals surface area contributed by atoms with Crippen LogP contribution in [0.1, 0.15) is 32.1 Å². The fraction of sp³-hybridized carbons (Fsp3) is 0.692. The zero-order chi connectivity index (χ0) is 19.1. The van der Waals surface area contributed by atoms with Crippen molar-refractivity contribution in [3.8, 4) is 0 Å². The molecule has 0 bridgehead atoms. The van der Waals surface area contributed by atoms with Gasteiger partial charge in [0.1, 0.15) is 6.04 Å². The molecular weight excluding hydrogens is 324 g/mol. The molecule has 0 aliphatic heterocycles. The van der Waals surface area contributed by atoms with Crippen LogP contribution in [0.15, 0.2) is 0 Å². The first kappa shape index (κ1) is 24.0. The van der Waals surface area contributed by atoms with Crippen molar-refractivity contribution < 1.29 is 34.5 Å². The van der Waals surface area contributed by atoms with E-state index in [1.165, 1.54) is 0 Å². The van der Waals surface area contributed by atoms with Gasteiger partial charge in [0.25, 0.3) is 0 Å². The van der Waals surface area contributed by atoms with E-state index in [0.717, 1.165) is 12.8 Å². The minimum atomic E-state index is -1.29. The third-order valence-corrected chi connectivity index (χ3v) is 2.66. The molecule has 0 spiro atoms. The molecule has 10 N–H and O–H groups in total. The highest BCUT2D eigenvalue weighted by Gasteiger charge is 2.14. The van der Waals surface area contributed by atoms with Crippen molar-refractivity contribution in [1.29, 1.82) is 0 Å². The summed E-state index contributed by atoms with van der Waals surface area (Å²) in [6, 6.07) is -1.85. The van der Waals surface area contributed by atoms with Crippen molar-refractivity contribution in [1.82, 2.24) is 5.32 Å². The normalized spacial score (nSPS) is 12.3. The maximum absolute atomic E-state index is 11.3. The molecule has 1 amide bonds. The minimum absolute atomic E-state index is 0.0821. The number of carboxylic acid groups (broad SMARTS) is 3. The molecule has 0 aliphatic rings. The lowest BCUT2D eigenvalue weighted by molar-refractivity contribution is -0.144. The summed E-state index contributed by atoms with van der Waals surface area (Å²) in [5.41, 5.74) is 15.7. The average molecular weight is 350 g/mol. The molecule has 0 aromatic rings. The van der Waals surface area contributed by atoms with Crippen molar-refractivity contribution in [3.63, 3.8) is 0 Å². The Bertz CT molecular complexity index is 417. The van der Waals surface area contributed by atoms with Crippen molar-refractivity contribution in [3.05, 3.63) is 0 Å². The highest BCUT2D eigenvalue weighted by Crippen LogP contribution is 1.97. The van der Waals surface area contributed by atoms with Crippen LogP contribution in [0.4, 0.5) is 0 Å². The monoisotopic (exact) mass is 350 g/mol. The summed E-state index contributed by atoms with van der Waals surface area (Å²) in [6.45, 7) is 0.714. The number of nitrogens with two attached hydrogens (primary N) is 3. The van der Waals surface area contributed by atoms with Crippen molar-refractivity contribution in [2.75, 3.05) is 13.1 Å². The van der Waals surface area contributed by atoms with Crippen molar-refractivity contribution in [2.45, 2.75) is 44.2 Å². The molecule has 0 aromatic heterocycles. The first-order valence-corrected chi connectivity index (χ1v) is 7.27. The van der Waals surface area contributed by atoms with E-state index in [0.29, 0.717) is 13.0 Å². The molecule has 0 saturated heterocycles. The van der Waals surface area contributed by atoms with E-state index < -0.39 is 36.4 Å². The van der Waals surface area contributed by atoms with Crippen LogP contribution in [0.3, 0.4) is 0 Å². The summed E-state index contributed by atoms with van der Waals surface area (Å²) < 4.78 is 0. The molecule has 140 valence electrons. The second-order valence-electron chi connectivity index (χ2n) is 4.87. The van der Waals surface area contributed by atoms with Gasteiger partial charge in [-0.25, -0.2) is 0 Å². The molecule has 24 heavy (non-hydrogen) atoms. The maximum atomic E-state index is 11.3. The summed E-state index contributed by atoms with van der Waals surface area (Å²) >= 11 is 0. The molecule has 0 rings (SSSR count). The van der Waals surface area contributed by atoms with Crippen molar-refractivity contribution in [2.24, 2.45) is 17.2 Å².